The Kier molecular flexibility index (Phi) is 10.9. The maximum Gasteiger partial charge on any atom is 0.328 e. The number of carbonyl (C=O) groups excluding carboxylic acids is 2. The molecular formula is C29H49NO4. The minimum atomic E-state index is -0.425. The third-order valence-corrected chi connectivity index (χ3v) is 8.22. The molecule has 3 aliphatic rings. The average Bonchev–Trinajstić information content (AvgIpc) is 2.82. The number of carbonyl (C=O) groups is 2. The van der Waals surface area contributed by atoms with Crippen LogP contribution in [0.15, 0.2) is 11.6 Å². The average molecular weight is 476 g/mol. The van der Waals surface area contributed by atoms with Crippen LogP contribution in [0, 0.1) is 17.8 Å². The Labute approximate surface area is 208 Å². The van der Waals surface area contributed by atoms with Crippen LogP contribution in [0.3, 0.4) is 0 Å². The van der Waals surface area contributed by atoms with Crippen molar-refractivity contribution in [1.82, 2.24) is 4.90 Å². The second-order valence-corrected chi connectivity index (χ2v) is 11.6. The van der Waals surface area contributed by atoms with E-state index >= 15 is 0 Å². The Balaban J connectivity index is 1.68. The van der Waals surface area contributed by atoms with Gasteiger partial charge in [-0.1, -0.05) is 38.8 Å². The summed E-state index contributed by atoms with van der Waals surface area (Å²) in [5.41, 5.74) is 1.50. The lowest BCUT2D eigenvalue weighted by Gasteiger charge is -2.38. The third-order valence-electron chi connectivity index (χ3n) is 8.22. The van der Waals surface area contributed by atoms with Crippen molar-refractivity contribution in [1.29, 1.82) is 0 Å². The Morgan fingerprint density at radius 1 is 0.853 bits per heavy atom. The van der Waals surface area contributed by atoms with E-state index in [-0.39, 0.29) is 24.1 Å². The summed E-state index contributed by atoms with van der Waals surface area (Å²) in [6, 6.07) is -0.425. The van der Waals surface area contributed by atoms with Crippen molar-refractivity contribution in [2.24, 2.45) is 17.8 Å². The van der Waals surface area contributed by atoms with Gasteiger partial charge < -0.3 is 14.4 Å². The molecule has 0 aromatic heterocycles. The number of rotatable bonds is 0. The quantitative estimate of drug-likeness (QED) is 0.298. The van der Waals surface area contributed by atoms with Crippen LogP contribution in [0.1, 0.15) is 111 Å². The summed E-state index contributed by atoms with van der Waals surface area (Å²) >= 11 is 0. The molecule has 2 saturated heterocycles. The summed E-state index contributed by atoms with van der Waals surface area (Å²) in [6.07, 6.45) is 15.8. The minimum Gasteiger partial charge on any atom is -0.464 e. The fourth-order valence-electron chi connectivity index (χ4n) is 5.91. The molecular weight excluding hydrogens is 426 g/mol. The SMILES string of the molecule is CC1=CCCCCC(C)COC(=O)C2CCCCN2C(=O)CC2OC(CCC(C)C1)CCC2C. The van der Waals surface area contributed by atoms with Crippen LogP contribution < -0.4 is 0 Å². The molecule has 0 radical (unpaired) electrons. The van der Waals surface area contributed by atoms with Crippen LogP contribution in [0.2, 0.25) is 0 Å². The normalized spacial score (nSPS) is 36.0. The Bertz CT molecular complexity index is 690. The van der Waals surface area contributed by atoms with E-state index in [0.717, 1.165) is 57.8 Å². The summed E-state index contributed by atoms with van der Waals surface area (Å²) in [4.78, 5) is 28.1. The Morgan fingerprint density at radius 3 is 2.44 bits per heavy atom. The third kappa shape index (κ3) is 8.39. The van der Waals surface area contributed by atoms with Crippen molar-refractivity contribution in [2.75, 3.05) is 13.2 Å². The van der Waals surface area contributed by atoms with Crippen molar-refractivity contribution in [3.05, 3.63) is 11.6 Å². The molecule has 0 aromatic carbocycles. The van der Waals surface area contributed by atoms with E-state index in [1.807, 2.05) is 0 Å². The van der Waals surface area contributed by atoms with Crippen LogP contribution >= 0.6 is 0 Å². The maximum atomic E-state index is 13.3. The molecule has 1 amide bonds. The van der Waals surface area contributed by atoms with Crippen molar-refractivity contribution < 1.29 is 19.1 Å². The van der Waals surface area contributed by atoms with Crippen LogP contribution in [-0.2, 0) is 19.1 Å². The Morgan fingerprint density at radius 2 is 1.62 bits per heavy atom. The summed E-state index contributed by atoms with van der Waals surface area (Å²) in [7, 11) is 0. The zero-order valence-corrected chi connectivity index (χ0v) is 22.2. The fourth-order valence-corrected chi connectivity index (χ4v) is 5.91. The molecule has 6 atom stereocenters. The number of hydrogen-bond acceptors (Lipinski definition) is 4. The van der Waals surface area contributed by atoms with Crippen molar-refractivity contribution >= 4 is 11.9 Å². The smallest absolute Gasteiger partial charge is 0.328 e. The molecule has 3 rings (SSSR count). The van der Waals surface area contributed by atoms with Crippen LogP contribution in [-0.4, -0.2) is 48.2 Å². The maximum absolute atomic E-state index is 13.3. The van der Waals surface area contributed by atoms with Gasteiger partial charge in [-0.2, -0.15) is 0 Å². The van der Waals surface area contributed by atoms with Gasteiger partial charge in [0.1, 0.15) is 6.04 Å². The van der Waals surface area contributed by atoms with Gasteiger partial charge in [-0.3, -0.25) is 4.79 Å². The van der Waals surface area contributed by atoms with Crippen LogP contribution in [0.25, 0.3) is 0 Å². The number of cyclic esters (lactones) is 1. The van der Waals surface area contributed by atoms with Gasteiger partial charge in [0.05, 0.1) is 25.2 Å². The zero-order chi connectivity index (χ0) is 24.5. The lowest BCUT2D eigenvalue weighted by Crippen LogP contribution is -2.50. The van der Waals surface area contributed by atoms with Crippen LogP contribution in [0.5, 0.6) is 0 Å². The first kappa shape index (κ1) is 27.2. The van der Waals surface area contributed by atoms with E-state index in [2.05, 4.69) is 33.8 Å². The molecule has 6 unspecified atom stereocenters. The number of fused-ring (bicyclic) bond motifs is 3. The Hall–Kier alpha value is -1.36. The largest absolute Gasteiger partial charge is 0.464 e. The van der Waals surface area contributed by atoms with E-state index < -0.39 is 6.04 Å². The monoisotopic (exact) mass is 475 g/mol. The molecule has 0 saturated carbocycles. The first-order valence-electron chi connectivity index (χ1n) is 14.1. The topological polar surface area (TPSA) is 55.8 Å². The molecule has 2 fully saturated rings. The van der Waals surface area contributed by atoms with Gasteiger partial charge in [-0.05, 0) is 95.3 Å². The summed E-state index contributed by atoms with van der Waals surface area (Å²) < 4.78 is 12.2. The lowest BCUT2D eigenvalue weighted by molar-refractivity contribution is -0.160. The first-order valence-corrected chi connectivity index (χ1v) is 14.1. The number of piperidine rings is 1. The van der Waals surface area contributed by atoms with Gasteiger partial charge in [-0.15, -0.1) is 0 Å². The second kappa shape index (κ2) is 13.7. The van der Waals surface area contributed by atoms with Gasteiger partial charge >= 0.3 is 5.97 Å². The highest BCUT2D eigenvalue weighted by atomic mass is 16.5. The van der Waals surface area contributed by atoms with E-state index in [0.29, 0.717) is 43.7 Å². The highest BCUT2D eigenvalue weighted by Crippen LogP contribution is 2.32. The van der Waals surface area contributed by atoms with E-state index in [1.165, 1.54) is 18.4 Å². The molecule has 194 valence electrons. The molecule has 0 aromatic rings. The number of hydrogen-bond donors (Lipinski definition) is 0. The molecule has 0 N–H and O–H groups in total. The standard InChI is InChI=1S/C29H49NO4/c1-21-10-6-5-7-11-23(3)20-33-29(32)26-12-8-9-17-30(26)28(31)19-27-24(4)14-16-25(34-27)15-13-22(2)18-21/h10,22-27H,5-9,11-20H2,1-4H3. The molecule has 0 aliphatic carbocycles. The number of esters is 1. The molecule has 5 heteroatoms. The first-order chi connectivity index (χ1) is 16.3. The van der Waals surface area contributed by atoms with Gasteiger partial charge in [0.25, 0.3) is 0 Å². The predicted molar refractivity (Wildman–Crippen MR) is 136 cm³/mol. The van der Waals surface area contributed by atoms with Crippen molar-refractivity contribution in [3.8, 4) is 0 Å². The van der Waals surface area contributed by atoms with Gasteiger partial charge in [0.2, 0.25) is 5.91 Å². The number of nitrogens with zero attached hydrogens (tertiary/aromatic N) is 1. The minimum absolute atomic E-state index is 0.0454. The van der Waals surface area contributed by atoms with Crippen LogP contribution in [0.4, 0.5) is 0 Å². The van der Waals surface area contributed by atoms with Gasteiger partial charge in [-0.25, -0.2) is 4.79 Å². The molecule has 2 bridgehead atoms. The zero-order valence-electron chi connectivity index (χ0n) is 22.2. The van der Waals surface area contributed by atoms with E-state index in [9.17, 15) is 9.59 Å². The molecule has 0 spiro atoms. The molecule has 3 heterocycles. The number of ether oxygens (including phenoxy) is 2. The summed E-state index contributed by atoms with van der Waals surface area (Å²) in [5, 5.41) is 0. The number of allylic oxidation sites excluding steroid dienone is 2. The molecule has 5 nitrogen and oxygen atoms in total. The lowest BCUT2D eigenvalue weighted by atomic mass is 9.87. The second-order valence-electron chi connectivity index (χ2n) is 11.6. The number of amides is 1. The van der Waals surface area contributed by atoms with Crippen molar-refractivity contribution in [3.63, 3.8) is 0 Å². The molecule has 34 heavy (non-hydrogen) atoms. The molecule has 3 aliphatic heterocycles. The summed E-state index contributed by atoms with van der Waals surface area (Å²) in [5.74, 6) is 1.23. The van der Waals surface area contributed by atoms with Crippen molar-refractivity contribution in [2.45, 2.75) is 129 Å². The van der Waals surface area contributed by atoms with E-state index in [4.69, 9.17) is 9.47 Å². The highest BCUT2D eigenvalue weighted by molar-refractivity contribution is 5.85. The van der Waals surface area contributed by atoms with E-state index in [1.54, 1.807) is 4.90 Å². The fraction of sp³-hybridized carbons (Fsp3) is 0.862. The highest BCUT2D eigenvalue weighted by Gasteiger charge is 2.37. The predicted octanol–water partition coefficient (Wildman–Crippen LogP) is 6.45. The van der Waals surface area contributed by atoms with Gasteiger partial charge in [0, 0.05) is 6.54 Å². The summed E-state index contributed by atoms with van der Waals surface area (Å²) in [6.45, 7) is 10.1. The van der Waals surface area contributed by atoms with Gasteiger partial charge in [0.15, 0.2) is 0 Å².